The fraction of sp³-hybridized carbons (Fsp3) is 0.350. The molecule has 4 rings (SSSR count). The standard InChI is InChI=1S/C20H22N4O2/c25-15-11-14(12-15)20(17-6-3-4-9-21-17)23-19(26)8-10-24-13-22-16-5-1-2-7-18(16)24/h1-7,9,13-15,20,25H,8,10-12H2,(H,23,26)/t14?,15?,20-/m0/s1. The summed E-state index contributed by atoms with van der Waals surface area (Å²) in [7, 11) is 0. The number of carbonyl (C=O) groups is 1. The molecular weight excluding hydrogens is 328 g/mol. The molecule has 0 aliphatic heterocycles. The van der Waals surface area contributed by atoms with Gasteiger partial charge in [0.15, 0.2) is 0 Å². The van der Waals surface area contributed by atoms with Crippen LogP contribution in [0.2, 0.25) is 0 Å². The highest BCUT2D eigenvalue weighted by Gasteiger charge is 2.36. The number of aliphatic hydroxyl groups excluding tert-OH is 1. The quantitative estimate of drug-likeness (QED) is 0.716. The predicted octanol–water partition coefficient (Wildman–Crippen LogP) is 2.45. The summed E-state index contributed by atoms with van der Waals surface area (Å²) in [6.45, 7) is 0.578. The zero-order valence-corrected chi connectivity index (χ0v) is 14.5. The van der Waals surface area contributed by atoms with E-state index in [1.165, 1.54) is 0 Å². The Morgan fingerprint density at radius 2 is 2.00 bits per heavy atom. The Morgan fingerprint density at radius 3 is 2.77 bits per heavy atom. The normalized spacial score (nSPS) is 20.5. The Labute approximate surface area is 151 Å². The van der Waals surface area contributed by atoms with Crippen LogP contribution in [-0.2, 0) is 11.3 Å². The van der Waals surface area contributed by atoms with Crippen LogP contribution in [-0.4, -0.2) is 31.7 Å². The highest BCUT2D eigenvalue weighted by molar-refractivity contribution is 5.77. The summed E-state index contributed by atoms with van der Waals surface area (Å²) < 4.78 is 2.00. The molecule has 2 N–H and O–H groups in total. The van der Waals surface area contributed by atoms with Crippen molar-refractivity contribution in [1.29, 1.82) is 0 Å². The first-order valence-electron chi connectivity index (χ1n) is 8.99. The van der Waals surface area contributed by atoms with Crippen molar-refractivity contribution >= 4 is 16.9 Å². The average molecular weight is 350 g/mol. The number of pyridine rings is 1. The van der Waals surface area contributed by atoms with Gasteiger partial charge in [-0.25, -0.2) is 4.98 Å². The number of rotatable bonds is 6. The summed E-state index contributed by atoms with van der Waals surface area (Å²) in [4.78, 5) is 21.3. The fourth-order valence-corrected chi connectivity index (χ4v) is 3.55. The molecule has 1 aliphatic carbocycles. The molecule has 2 aromatic heterocycles. The van der Waals surface area contributed by atoms with Gasteiger partial charge in [-0.2, -0.15) is 0 Å². The average Bonchev–Trinajstić information content (AvgIpc) is 3.06. The number of benzene rings is 1. The number of aliphatic hydroxyl groups is 1. The van der Waals surface area contributed by atoms with Gasteiger partial charge in [0.1, 0.15) is 0 Å². The Bertz CT molecular complexity index is 887. The Balaban J connectivity index is 1.42. The van der Waals surface area contributed by atoms with E-state index in [1.54, 1.807) is 12.5 Å². The molecule has 3 aromatic rings. The minimum Gasteiger partial charge on any atom is -0.393 e. The minimum absolute atomic E-state index is 0.0141. The molecule has 6 nitrogen and oxygen atoms in total. The SMILES string of the molecule is O=C(CCn1cnc2ccccc21)N[C@H](c1ccccn1)C1CC(O)C1. The number of nitrogens with one attached hydrogen (secondary N) is 1. The van der Waals surface area contributed by atoms with Gasteiger partial charge in [0.2, 0.25) is 5.91 Å². The number of fused-ring (bicyclic) bond motifs is 1. The van der Waals surface area contributed by atoms with Gasteiger partial charge in [-0.3, -0.25) is 9.78 Å². The molecule has 2 heterocycles. The van der Waals surface area contributed by atoms with Gasteiger partial charge in [0.05, 0.1) is 35.2 Å². The number of aromatic nitrogens is 3. The molecule has 0 radical (unpaired) electrons. The summed E-state index contributed by atoms with van der Waals surface area (Å²) >= 11 is 0. The zero-order chi connectivity index (χ0) is 17.9. The highest BCUT2D eigenvalue weighted by atomic mass is 16.3. The van der Waals surface area contributed by atoms with E-state index >= 15 is 0 Å². The van der Waals surface area contributed by atoms with E-state index in [1.807, 2.05) is 47.0 Å². The van der Waals surface area contributed by atoms with Gasteiger partial charge < -0.3 is 15.0 Å². The van der Waals surface area contributed by atoms with Crippen molar-refractivity contribution in [3.63, 3.8) is 0 Å². The van der Waals surface area contributed by atoms with Gasteiger partial charge in [-0.15, -0.1) is 0 Å². The van der Waals surface area contributed by atoms with Crippen LogP contribution in [0.4, 0.5) is 0 Å². The number of hydrogen-bond donors (Lipinski definition) is 2. The first-order chi connectivity index (χ1) is 12.7. The van der Waals surface area contributed by atoms with Crippen LogP contribution in [0.15, 0.2) is 55.0 Å². The third-order valence-corrected chi connectivity index (χ3v) is 5.05. The topological polar surface area (TPSA) is 80.0 Å². The molecule has 0 unspecified atom stereocenters. The Hall–Kier alpha value is -2.73. The molecule has 26 heavy (non-hydrogen) atoms. The molecule has 0 spiro atoms. The van der Waals surface area contributed by atoms with E-state index in [-0.39, 0.29) is 24.0 Å². The molecule has 1 aromatic carbocycles. The van der Waals surface area contributed by atoms with E-state index in [0.29, 0.717) is 25.8 Å². The van der Waals surface area contributed by atoms with Crippen molar-refractivity contribution in [1.82, 2.24) is 19.9 Å². The molecule has 1 atom stereocenters. The summed E-state index contributed by atoms with van der Waals surface area (Å²) in [5.74, 6) is 0.220. The van der Waals surface area contributed by atoms with Gasteiger partial charge in [0, 0.05) is 19.2 Å². The smallest absolute Gasteiger partial charge is 0.222 e. The second-order valence-corrected chi connectivity index (χ2v) is 6.86. The van der Waals surface area contributed by atoms with Crippen LogP contribution < -0.4 is 5.32 Å². The second-order valence-electron chi connectivity index (χ2n) is 6.86. The van der Waals surface area contributed by atoms with Crippen molar-refractivity contribution in [3.8, 4) is 0 Å². The third-order valence-electron chi connectivity index (χ3n) is 5.05. The maximum absolute atomic E-state index is 12.5. The first kappa shape index (κ1) is 16.7. The Morgan fingerprint density at radius 1 is 1.19 bits per heavy atom. The maximum atomic E-state index is 12.5. The van der Waals surface area contributed by atoms with Crippen LogP contribution in [0.1, 0.15) is 31.0 Å². The highest BCUT2D eigenvalue weighted by Crippen LogP contribution is 2.37. The lowest BCUT2D eigenvalue weighted by molar-refractivity contribution is -0.123. The number of aryl methyl sites for hydroxylation is 1. The van der Waals surface area contributed by atoms with Crippen LogP contribution >= 0.6 is 0 Å². The van der Waals surface area contributed by atoms with Crippen LogP contribution in [0.3, 0.4) is 0 Å². The molecular formula is C20H22N4O2. The van der Waals surface area contributed by atoms with Gasteiger partial charge in [-0.1, -0.05) is 18.2 Å². The Kier molecular flexibility index (Phi) is 4.67. The number of nitrogens with zero attached hydrogens (tertiary/aromatic N) is 3. The van der Waals surface area contributed by atoms with Crippen molar-refractivity contribution in [2.24, 2.45) is 5.92 Å². The zero-order valence-electron chi connectivity index (χ0n) is 14.5. The van der Waals surface area contributed by atoms with Crippen LogP contribution in [0.25, 0.3) is 11.0 Å². The lowest BCUT2D eigenvalue weighted by Crippen LogP contribution is -2.41. The summed E-state index contributed by atoms with van der Waals surface area (Å²) in [6.07, 6.45) is 5.03. The van der Waals surface area contributed by atoms with Crippen LogP contribution in [0, 0.1) is 5.92 Å². The van der Waals surface area contributed by atoms with E-state index in [9.17, 15) is 9.90 Å². The molecule has 1 saturated carbocycles. The summed E-state index contributed by atoms with van der Waals surface area (Å²) in [5.41, 5.74) is 2.82. The van der Waals surface area contributed by atoms with Crippen molar-refractivity contribution in [3.05, 3.63) is 60.7 Å². The van der Waals surface area contributed by atoms with E-state index in [2.05, 4.69) is 15.3 Å². The lowest BCUT2D eigenvalue weighted by atomic mass is 9.76. The number of para-hydroxylation sites is 2. The molecule has 1 aliphatic rings. The van der Waals surface area contributed by atoms with E-state index in [4.69, 9.17) is 0 Å². The molecule has 1 fully saturated rings. The molecule has 0 saturated heterocycles. The number of carbonyl (C=O) groups excluding carboxylic acids is 1. The second kappa shape index (κ2) is 7.25. The summed E-state index contributed by atoms with van der Waals surface area (Å²) in [6, 6.07) is 13.5. The number of imidazole rings is 1. The monoisotopic (exact) mass is 350 g/mol. The molecule has 134 valence electrons. The van der Waals surface area contributed by atoms with Gasteiger partial charge in [0.25, 0.3) is 0 Å². The predicted molar refractivity (Wildman–Crippen MR) is 98.2 cm³/mol. The minimum atomic E-state index is -0.263. The number of hydrogen-bond acceptors (Lipinski definition) is 4. The lowest BCUT2D eigenvalue weighted by Gasteiger charge is -2.37. The summed E-state index contributed by atoms with van der Waals surface area (Å²) in [5, 5.41) is 12.8. The van der Waals surface area contributed by atoms with E-state index in [0.717, 1.165) is 16.7 Å². The van der Waals surface area contributed by atoms with Crippen LogP contribution in [0.5, 0.6) is 0 Å². The van der Waals surface area contributed by atoms with E-state index < -0.39 is 0 Å². The van der Waals surface area contributed by atoms with Gasteiger partial charge in [-0.05, 0) is 43.0 Å². The van der Waals surface area contributed by atoms with Crippen molar-refractivity contribution < 1.29 is 9.90 Å². The largest absolute Gasteiger partial charge is 0.393 e. The number of amides is 1. The maximum Gasteiger partial charge on any atom is 0.222 e. The van der Waals surface area contributed by atoms with Crippen molar-refractivity contribution in [2.75, 3.05) is 0 Å². The third kappa shape index (κ3) is 3.46. The van der Waals surface area contributed by atoms with Crippen molar-refractivity contribution in [2.45, 2.75) is 38.0 Å². The molecule has 6 heteroatoms. The van der Waals surface area contributed by atoms with Gasteiger partial charge >= 0.3 is 0 Å². The molecule has 1 amide bonds. The fourth-order valence-electron chi connectivity index (χ4n) is 3.55. The molecule has 0 bridgehead atoms. The first-order valence-corrected chi connectivity index (χ1v) is 8.99.